The van der Waals surface area contributed by atoms with Gasteiger partial charge < -0.3 is 4.74 Å². The third-order valence-electron chi connectivity index (χ3n) is 2.27. The van der Waals surface area contributed by atoms with Gasteiger partial charge in [-0.1, -0.05) is 36.4 Å². The molecule has 0 aliphatic heterocycles. The molecule has 0 saturated heterocycles. The first-order valence-corrected chi connectivity index (χ1v) is 5.17. The lowest BCUT2D eigenvalue weighted by molar-refractivity contribution is -0.570. The number of nitrogens with zero attached hydrogens (tertiary/aromatic N) is 1. The Morgan fingerprint density at radius 2 is 1.47 bits per heavy atom. The van der Waals surface area contributed by atoms with Crippen LogP contribution in [0, 0.1) is 10.1 Å². The van der Waals surface area contributed by atoms with Gasteiger partial charge in [0, 0.05) is 0 Å². The van der Waals surface area contributed by atoms with Gasteiger partial charge in [-0.2, -0.15) is 0 Å². The van der Waals surface area contributed by atoms with Crippen LogP contribution in [0.15, 0.2) is 60.7 Å². The quantitative estimate of drug-likeness (QED) is 0.460. The molecule has 0 radical (unpaired) electrons. The maximum atomic E-state index is 11.0. The lowest BCUT2D eigenvalue weighted by Gasteiger charge is -2.11. The first-order valence-electron chi connectivity index (χ1n) is 5.17. The van der Waals surface area contributed by atoms with E-state index >= 15 is 0 Å². The molecule has 0 bridgehead atoms. The molecule has 1 unspecified atom stereocenters. The molecule has 2 aromatic rings. The number of rotatable bonds is 4. The molecule has 0 aliphatic rings. The van der Waals surface area contributed by atoms with Crippen molar-refractivity contribution < 1.29 is 9.66 Å². The van der Waals surface area contributed by atoms with Crippen molar-refractivity contribution in [2.24, 2.45) is 0 Å². The highest BCUT2D eigenvalue weighted by molar-refractivity contribution is 5.23. The molecule has 0 spiro atoms. The van der Waals surface area contributed by atoms with Crippen LogP contribution in [-0.2, 0) is 0 Å². The maximum Gasteiger partial charge on any atom is 0.380 e. The lowest BCUT2D eigenvalue weighted by atomic mass is 10.2. The first kappa shape index (κ1) is 11.1. The van der Waals surface area contributed by atoms with Crippen LogP contribution in [0.2, 0.25) is 0 Å². The van der Waals surface area contributed by atoms with Crippen LogP contribution < -0.4 is 4.74 Å². The van der Waals surface area contributed by atoms with E-state index in [2.05, 4.69) is 0 Å². The molecule has 4 nitrogen and oxygen atoms in total. The summed E-state index contributed by atoms with van der Waals surface area (Å²) in [5.74, 6) is 0.484. The molecule has 0 N–H and O–H groups in total. The fraction of sp³-hybridized carbons (Fsp3) is 0.0769. The molecule has 2 aromatic carbocycles. The van der Waals surface area contributed by atoms with Gasteiger partial charge >= 0.3 is 6.23 Å². The molecule has 0 fully saturated rings. The number of benzene rings is 2. The standard InChI is InChI=1S/C13H11NO3/c15-14(16)13(11-7-3-1-4-8-11)17-12-9-5-2-6-10-12/h1-10,13H. The average Bonchev–Trinajstić information content (AvgIpc) is 2.38. The second-order valence-electron chi connectivity index (χ2n) is 3.48. The summed E-state index contributed by atoms with van der Waals surface area (Å²) in [6.45, 7) is 0. The molecule has 0 aliphatic carbocycles. The van der Waals surface area contributed by atoms with Gasteiger partial charge in [0.2, 0.25) is 0 Å². The molecular formula is C13H11NO3. The van der Waals surface area contributed by atoms with E-state index in [9.17, 15) is 10.1 Å². The molecule has 0 saturated carbocycles. The van der Waals surface area contributed by atoms with Gasteiger partial charge in [-0.05, 0) is 24.3 Å². The van der Waals surface area contributed by atoms with Crippen LogP contribution in [0.1, 0.15) is 11.8 Å². The molecule has 86 valence electrons. The first-order chi connectivity index (χ1) is 8.27. The number of nitro groups is 1. The summed E-state index contributed by atoms with van der Waals surface area (Å²) in [5, 5.41) is 11.0. The van der Waals surface area contributed by atoms with Crippen molar-refractivity contribution in [3.05, 3.63) is 76.3 Å². The van der Waals surface area contributed by atoms with E-state index in [0.29, 0.717) is 11.3 Å². The van der Waals surface area contributed by atoms with E-state index in [-0.39, 0.29) is 0 Å². The van der Waals surface area contributed by atoms with Crippen molar-refractivity contribution in [3.63, 3.8) is 0 Å². The lowest BCUT2D eigenvalue weighted by Crippen LogP contribution is -2.17. The monoisotopic (exact) mass is 229 g/mol. The summed E-state index contributed by atoms with van der Waals surface area (Å²) in [6.07, 6.45) is -1.17. The summed E-state index contributed by atoms with van der Waals surface area (Å²) in [7, 11) is 0. The van der Waals surface area contributed by atoms with Crippen LogP contribution in [0.25, 0.3) is 0 Å². The summed E-state index contributed by atoms with van der Waals surface area (Å²) in [4.78, 5) is 10.5. The largest absolute Gasteiger partial charge is 0.426 e. The van der Waals surface area contributed by atoms with Gasteiger partial charge in [0.15, 0.2) is 0 Å². The third kappa shape index (κ3) is 2.81. The van der Waals surface area contributed by atoms with Crippen molar-refractivity contribution in [3.8, 4) is 5.75 Å². The van der Waals surface area contributed by atoms with E-state index in [1.807, 2.05) is 12.1 Å². The van der Waals surface area contributed by atoms with Crippen LogP contribution in [-0.4, -0.2) is 4.92 Å². The fourth-order valence-electron chi connectivity index (χ4n) is 1.48. The summed E-state index contributed by atoms with van der Waals surface area (Å²) < 4.78 is 5.36. The molecular weight excluding hydrogens is 218 g/mol. The zero-order chi connectivity index (χ0) is 12.1. The SMILES string of the molecule is O=[N+]([O-])C(Oc1ccccc1)c1ccccc1. The van der Waals surface area contributed by atoms with Crippen molar-refractivity contribution in [1.82, 2.24) is 0 Å². The minimum Gasteiger partial charge on any atom is -0.426 e. The number of ether oxygens (including phenoxy) is 1. The molecule has 0 aromatic heterocycles. The highest BCUT2D eigenvalue weighted by Crippen LogP contribution is 2.21. The van der Waals surface area contributed by atoms with Crippen LogP contribution in [0.5, 0.6) is 5.75 Å². The second-order valence-corrected chi connectivity index (χ2v) is 3.48. The maximum absolute atomic E-state index is 11.0. The summed E-state index contributed by atoms with van der Waals surface area (Å²) in [6, 6.07) is 17.4. The Hall–Kier alpha value is -2.36. The van der Waals surface area contributed by atoms with Gasteiger partial charge in [-0.15, -0.1) is 0 Å². The summed E-state index contributed by atoms with van der Waals surface area (Å²) >= 11 is 0. The predicted molar refractivity (Wildman–Crippen MR) is 63.2 cm³/mol. The Kier molecular flexibility index (Phi) is 3.35. The Balaban J connectivity index is 2.23. The van der Waals surface area contributed by atoms with Gasteiger partial charge in [0.25, 0.3) is 0 Å². The molecule has 4 heteroatoms. The smallest absolute Gasteiger partial charge is 0.380 e. The summed E-state index contributed by atoms with van der Waals surface area (Å²) in [5.41, 5.74) is 0.529. The normalized spacial score (nSPS) is 11.8. The highest BCUT2D eigenvalue weighted by atomic mass is 16.7. The Bertz CT molecular complexity index is 485. The van der Waals surface area contributed by atoms with E-state index in [4.69, 9.17) is 4.74 Å². The van der Waals surface area contributed by atoms with Crippen LogP contribution in [0.3, 0.4) is 0 Å². The minimum absolute atomic E-state index is 0.442. The van der Waals surface area contributed by atoms with Crippen LogP contribution in [0.4, 0.5) is 0 Å². The van der Waals surface area contributed by atoms with Crippen molar-refractivity contribution in [2.45, 2.75) is 6.23 Å². The van der Waals surface area contributed by atoms with Crippen molar-refractivity contribution >= 4 is 0 Å². The number of hydrogen-bond acceptors (Lipinski definition) is 3. The van der Waals surface area contributed by atoms with E-state index in [0.717, 1.165) is 0 Å². The topological polar surface area (TPSA) is 52.4 Å². The van der Waals surface area contributed by atoms with Gasteiger partial charge in [0.1, 0.15) is 5.75 Å². The Labute approximate surface area is 98.6 Å². The second kappa shape index (κ2) is 5.12. The van der Waals surface area contributed by atoms with Crippen LogP contribution >= 0.6 is 0 Å². The highest BCUT2D eigenvalue weighted by Gasteiger charge is 2.24. The molecule has 17 heavy (non-hydrogen) atoms. The zero-order valence-corrected chi connectivity index (χ0v) is 9.02. The Morgan fingerprint density at radius 3 is 2.00 bits per heavy atom. The Morgan fingerprint density at radius 1 is 0.941 bits per heavy atom. The van der Waals surface area contributed by atoms with Crippen molar-refractivity contribution in [2.75, 3.05) is 0 Å². The van der Waals surface area contributed by atoms with E-state index in [1.54, 1.807) is 48.5 Å². The minimum atomic E-state index is -1.17. The molecule has 1 atom stereocenters. The average molecular weight is 229 g/mol. The van der Waals surface area contributed by atoms with Gasteiger partial charge in [0.05, 0.1) is 10.5 Å². The van der Waals surface area contributed by atoms with Crippen molar-refractivity contribution in [1.29, 1.82) is 0 Å². The third-order valence-corrected chi connectivity index (χ3v) is 2.27. The van der Waals surface area contributed by atoms with Gasteiger partial charge in [-0.3, -0.25) is 10.1 Å². The molecule has 2 rings (SSSR count). The van der Waals surface area contributed by atoms with E-state index in [1.165, 1.54) is 0 Å². The van der Waals surface area contributed by atoms with E-state index < -0.39 is 11.2 Å². The van der Waals surface area contributed by atoms with Gasteiger partial charge in [-0.25, -0.2) is 0 Å². The molecule has 0 heterocycles. The fourth-order valence-corrected chi connectivity index (χ4v) is 1.48. The molecule has 0 amide bonds. The predicted octanol–water partition coefficient (Wildman–Crippen LogP) is 3.04. The zero-order valence-electron chi connectivity index (χ0n) is 9.02. The number of hydrogen-bond donors (Lipinski definition) is 0. The number of para-hydroxylation sites is 1.